The van der Waals surface area contributed by atoms with Gasteiger partial charge in [0.15, 0.2) is 0 Å². The van der Waals surface area contributed by atoms with Crippen molar-refractivity contribution in [2.75, 3.05) is 0 Å². The van der Waals surface area contributed by atoms with E-state index in [-0.39, 0.29) is 17.6 Å². The molecule has 2 nitrogen and oxygen atoms in total. The van der Waals surface area contributed by atoms with Gasteiger partial charge in [0.2, 0.25) is 0 Å². The molecule has 0 spiro atoms. The van der Waals surface area contributed by atoms with Crippen LogP contribution in [0.1, 0.15) is 33.6 Å². The first-order chi connectivity index (χ1) is 5.50. The molecule has 1 saturated carbocycles. The second-order valence-electron chi connectivity index (χ2n) is 4.65. The summed E-state index contributed by atoms with van der Waals surface area (Å²) in [5.74, 6) is 0.982. The third-order valence-corrected chi connectivity index (χ3v) is 3.47. The van der Waals surface area contributed by atoms with Crippen molar-refractivity contribution in [1.82, 2.24) is 0 Å². The molecule has 0 aromatic heterocycles. The maximum atomic E-state index is 11.5. The Morgan fingerprint density at radius 3 is 2.83 bits per heavy atom. The van der Waals surface area contributed by atoms with Crippen molar-refractivity contribution in [3.05, 3.63) is 0 Å². The zero-order chi connectivity index (χ0) is 8.93. The van der Waals surface area contributed by atoms with E-state index in [1.807, 2.05) is 6.92 Å². The van der Waals surface area contributed by atoms with E-state index in [0.717, 1.165) is 12.8 Å². The van der Waals surface area contributed by atoms with Crippen molar-refractivity contribution in [1.29, 1.82) is 0 Å². The van der Waals surface area contributed by atoms with Crippen LogP contribution in [0.15, 0.2) is 0 Å². The molecule has 0 aromatic carbocycles. The molecular formula is C10H16O2. The van der Waals surface area contributed by atoms with Crippen LogP contribution in [0.3, 0.4) is 0 Å². The quantitative estimate of drug-likeness (QED) is 0.551. The fourth-order valence-electron chi connectivity index (χ4n) is 2.37. The molecule has 0 unspecified atom stereocenters. The zero-order valence-electron chi connectivity index (χ0n) is 7.96. The third kappa shape index (κ3) is 1.01. The van der Waals surface area contributed by atoms with Gasteiger partial charge in [0.05, 0.1) is 11.7 Å². The normalized spacial score (nSPS) is 44.9. The first-order valence-electron chi connectivity index (χ1n) is 4.71. The van der Waals surface area contributed by atoms with E-state index in [4.69, 9.17) is 4.74 Å². The minimum atomic E-state index is -0.0644. The monoisotopic (exact) mass is 168 g/mol. The molecule has 3 atom stereocenters. The second kappa shape index (κ2) is 2.32. The largest absolute Gasteiger partial charge is 0.371 e. The van der Waals surface area contributed by atoms with E-state index in [2.05, 4.69) is 13.8 Å². The van der Waals surface area contributed by atoms with Crippen LogP contribution in [0.4, 0.5) is 0 Å². The average Bonchev–Trinajstić information content (AvgIpc) is 2.21. The predicted octanol–water partition coefficient (Wildman–Crippen LogP) is 1.78. The van der Waals surface area contributed by atoms with Crippen LogP contribution in [0.5, 0.6) is 0 Å². The smallest absolute Gasteiger partial charge is 0.138 e. The SMILES string of the molecule is C[C@@H]1C(=O)C[C@H]2C[C@@H]1OC2(C)C. The highest BCUT2D eigenvalue weighted by Crippen LogP contribution is 2.45. The van der Waals surface area contributed by atoms with Crippen molar-refractivity contribution in [2.45, 2.75) is 45.3 Å². The maximum absolute atomic E-state index is 11.5. The lowest BCUT2D eigenvalue weighted by Gasteiger charge is -2.24. The lowest BCUT2D eigenvalue weighted by atomic mass is 9.77. The molecule has 1 aliphatic heterocycles. The molecule has 1 aliphatic carbocycles. The topological polar surface area (TPSA) is 26.3 Å². The van der Waals surface area contributed by atoms with E-state index >= 15 is 0 Å². The molecule has 0 radical (unpaired) electrons. The molecule has 0 N–H and O–H groups in total. The summed E-state index contributed by atoms with van der Waals surface area (Å²) in [6, 6.07) is 0. The van der Waals surface area contributed by atoms with Gasteiger partial charge < -0.3 is 4.74 Å². The van der Waals surface area contributed by atoms with Crippen molar-refractivity contribution in [3.63, 3.8) is 0 Å². The Kier molecular flexibility index (Phi) is 1.59. The van der Waals surface area contributed by atoms with Gasteiger partial charge >= 0.3 is 0 Å². The molecule has 2 bridgehead atoms. The van der Waals surface area contributed by atoms with Crippen LogP contribution in [0.2, 0.25) is 0 Å². The summed E-state index contributed by atoms with van der Waals surface area (Å²) < 4.78 is 5.83. The van der Waals surface area contributed by atoms with E-state index in [0.29, 0.717) is 11.7 Å². The minimum absolute atomic E-state index is 0.0644. The molecule has 2 rings (SSSR count). The van der Waals surface area contributed by atoms with Gasteiger partial charge in [-0.3, -0.25) is 4.79 Å². The number of ketones is 1. The molecule has 0 aromatic rings. The van der Waals surface area contributed by atoms with Crippen molar-refractivity contribution >= 4 is 5.78 Å². The fourth-order valence-corrected chi connectivity index (χ4v) is 2.37. The molecule has 12 heavy (non-hydrogen) atoms. The van der Waals surface area contributed by atoms with Crippen LogP contribution in [-0.2, 0) is 9.53 Å². The number of carbonyl (C=O) groups excluding carboxylic acids is 1. The highest BCUT2D eigenvalue weighted by atomic mass is 16.5. The second-order valence-corrected chi connectivity index (χ2v) is 4.65. The lowest BCUT2D eigenvalue weighted by molar-refractivity contribution is -0.127. The Bertz CT molecular complexity index is 220. The molecule has 2 fully saturated rings. The summed E-state index contributed by atoms with van der Waals surface area (Å²) in [7, 11) is 0. The summed E-state index contributed by atoms with van der Waals surface area (Å²) in [5.41, 5.74) is -0.0644. The molecule has 2 aliphatic rings. The Morgan fingerprint density at radius 1 is 1.50 bits per heavy atom. The highest BCUT2D eigenvalue weighted by Gasteiger charge is 2.49. The summed E-state index contributed by atoms with van der Waals surface area (Å²) in [6.45, 7) is 6.19. The van der Waals surface area contributed by atoms with Crippen LogP contribution in [0.25, 0.3) is 0 Å². The number of carbonyl (C=O) groups is 1. The molecule has 1 heterocycles. The third-order valence-electron chi connectivity index (χ3n) is 3.47. The Labute approximate surface area is 73.3 Å². The summed E-state index contributed by atoms with van der Waals surface area (Å²) in [4.78, 5) is 11.5. The molecule has 1 saturated heterocycles. The van der Waals surface area contributed by atoms with E-state index in [9.17, 15) is 4.79 Å². The number of rotatable bonds is 0. The first-order valence-corrected chi connectivity index (χ1v) is 4.71. The van der Waals surface area contributed by atoms with Gasteiger partial charge in [-0.05, 0) is 26.2 Å². The van der Waals surface area contributed by atoms with Gasteiger partial charge in [-0.1, -0.05) is 6.92 Å². The van der Waals surface area contributed by atoms with Gasteiger partial charge in [0.25, 0.3) is 0 Å². The van der Waals surface area contributed by atoms with Gasteiger partial charge in [-0.2, -0.15) is 0 Å². The molecular weight excluding hydrogens is 152 g/mol. The van der Waals surface area contributed by atoms with Crippen LogP contribution < -0.4 is 0 Å². The molecule has 68 valence electrons. The number of ether oxygens (including phenoxy) is 1. The Balaban J connectivity index is 2.24. The maximum Gasteiger partial charge on any atom is 0.138 e. The van der Waals surface area contributed by atoms with Crippen LogP contribution >= 0.6 is 0 Å². The highest BCUT2D eigenvalue weighted by molar-refractivity contribution is 5.82. The van der Waals surface area contributed by atoms with E-state index in [1.165, 1.54) is 0 Å². The van der Waals surface area contributed by atoms with Crippen LogP contribution in [-0.4, -0.2) is 17.5 Å². The number of hydrogen-bond donors (Lipinski definition) is 0. The predicted molar refractivity (Wildman–Crippen MR) is 45.8 cm³/mol. The number of hydrogen-bond acceptors (Lipinski definition) is 2. The average molecular weight is 168 g/mol. The summed E-state index contributed by atoms with van der Waals surface area (Å²) in [5, 5.41) is 0. The zero-order valence-corrected chi connectivity index (χ0v) is 7.96. The van der Waals surface area contributed by atoms with Crippen LogP contribution in [0, 0.1) is 11.8 Å². The molecule has 0 amide bonds. The van der Waals surface area contributed by atoms with Gasteiger partial charge in [-0.25, -0.2) is 0 Å². The Morgan fingerprint density at radius 2 is 2.17 bits per heavy atom. The van der Waals surface area contributed by atoms with Gasteiger partial charge in [0, 0.05) is 12.3 Å². The van der Waals surface area contributed by atoms with Gasteiger partial charge in [0.1, 0.15) is 5.78 Å². The minimum Gasteiger partial charge on any atom is -0.371 e. The van der Waals surface area contributed by atoms with Crippen molar-refractivity contribution < 1.29 is 9.53 Å². The van der Waals surface area contributed by atoms with Crippen molar-refractivity contribution in [3.8, 4) is 0 Å². The summed E-state index contributed by atoms with van der Waals surface area (Å²) in [6.07, 6.45) is 2.01. The van der Waals surface area contributed by atoms with Gasteiger partial charge in [-0.15, -0.1) is 0 Å². The standard InChI is InChI=1S/C10H16O2/c1-6-8(11)4-7-5-9(6)12-10(7,2)3/h6-7,9H,4-5H2,1-3H3/t6-,7+,9+/m1/s1. The molecule has 2 heteroatoms. The van der Waals surface area contributed by atoms with Crippen molar-refractivity contribution in [2.24, 2.45) is 11.8 Å². The van der Waals surface area contributed by atoms with E-state index < -0.39 is 0 Å². The number of fused-ring (bicyclic) bond motifs is 2. The summed E-state index contributed by atoms with van der Waals surface area (Å²) >= 11 is 0. The number of Topliss-reactive ketones (excluding diaryl/α,β-unsaturated/α-hetero) is 1. The first kappa shape index (κ1) is 8.24. The fraction of sp³-hybridized carbons (Fsp3) is 0.900. The lowest BCUT2D eigenvalue weighted by Crippen LogP contribution is -2.30. The van der Waals surface area contributed by atoms with E-state index in [1.54, 1.807) is 0 Å². The Hall–Kier alpha value is -0.370.